The third kappa shape index (κ3) is 22.5. The Balaban J connectivity index is 0.000000160. The van der Waals surface area contributed by atoms with Crippen molar-refractivity contribution in [3.05, 3.63) is 318 Å². The number of carbonyl (C=O) groups excluding carboxylic acids is 2. The van der Waals surface area contributed by atoms with Crippen molar-refractivity contribution in [1.29, 1.82) is 0 Å². The van der Waals surface area contributed by atoms with E-state index in [2.05, 4.69) is 221 Å². The summed E-state index contributed by atoms with van der Waals surface area (Å²) in [6, 6.07) is 87.2. The van der Waals surface area contributed by atoms with Crippen LogP contribution in [0, 0.1) is 0 Å². The topological polar surface area (TPSA) is 104 Å². The van der Waals surface area contributed by atoms with Crippen molar-refractivity contribution in [2.24, 2.45) is 0 Å². The molecule has 0 spiro atoms. The number of hydrogen-bond acceptors (Lipinski definition) is 8. The van der Waals surface area contributed by atoms with Crippen LogP contribution in [0.3, 0.4) is 0 Å². The van der Waals surface area contributed by atoms with E-state index in [4.69, 9.17) is 58.6 Å². The minimum atomic E-state index is -2.15. The van der Waals surface area contributed by atoms with E-state index in [1.807, 2.05) is 54.6 Å². The third-order valence-corrected chi connectivity index (χ3v) is 24.0. The standard InChI is InChI=1S/2C18H15P.C17H13ClN2O2.C10H7Cl2N.C7H6NO2.3CH3.2ClH.Pd.Sn/c2*1-4-10-16(11-5-1)19(17-12-6-2-7-13-17)18-14-8-3-9-15-18;1-22-17(21)12-4-5-19-15(9-12)7-11-2-3-16-13(6-11)8-14(18)10-20-16;11-5-7-1-2-10-8(3-7)4-9(12)6-13-10;1-10-7(9)6-2-4-8-5-3-6;;;;;;;/h2*1-15H;2-6,8-10H,7H2,1H3;1-4,6H,5H2;2-4H,1H3;3*1H3;2*1H;;/q;;;;;;;;;;+2;/p-2. The van der Waals surface area contributed by atoms with Crippen molar-refractivity contribution in [2.45, 2.75) is 27.1 Å². The molecule has 8 aromatic carbocycles. The van der Waals surface area contributed by atoms with Gasteiger partial charge in [-0.15, -0.1) is 11.6 Å². The van der Waals surface area contributed by atoms with Gasteiger partial charge in [0.1, 0.15) is 0 Å². The first-order valence-corrected chi connectivity index (χ1v) is 46.1. The predicted molar refractivity (Wildman–Crippen MR) is 382 cm³/mol. The van der Waals surface area contributed by atoms with Crippen LogP contribution in [0.25, 0.3) is 21.8 Å². The van der Waals surface area contributed by atoms with E-state index in [0.29, 0.717) is 33.5 Å². The Morgan fingerprint density at radius 2 is 0.767 bits per heavy atom. The Kier molecular flexibility index (Phi) is 29.8. The molecule has 0 atom stereocenters. The zero-order valence-electron chi connectivity index (χ0n) is 50.0. The molecule has 12 rings (SSSR count). The Labute approximate surface area is 565 Å². The van der Waals surface area contributed by atoms with Crippen LogP contribution in [0.4, 0.5) is 0 Å². The number of halogens is 5. The Morgan fingerprint density at radius 1 is 0.433 bits per heavy atom. The zero-order chi connectivity index (χ0) is 64.1. The minimum Gasteiger partial charge on any atom is -0.0622 e. The number of hydrogen-bond donors (Lipinski definition) is 0. The van der Waals surface area contributed by atoms with Gasteiger partial charge in [-0.1, -0.05) is 217 Å². The van der Waals surface area contributed by atoms with E-state index in [1.165, 1.54) is 46.0 Å². The van der Waals surface area contributed by atoms with E-state index in [0.717, 1.165) is 42.3 Å². The summed E-state index contributed by atoms with van der Waals surface area (Å²) < 4.78 is 10.5. The number of carbonyl (C=O) groups is 2. The second kappa shape index (κ2) is 37.8. The predicted octanol–water partition coefficient (Wildman–Crippen LogP) is 17.0. The van der Waals surface area contributed by atoms with Crippen LogP contribution in [-0.2, 0) is 37.7 Å². The van der Waals surface area contributed by atoms with Crippen LogP contribution < -0.4 is 35.5 Å². The number of alkyl halides is 1. The average Bonchev–Trinajstić information content (AvgIpc) is 2.49. The molecule has 0 radical (unpaired) electrons. The summed E-state index contributed by atoms with van der Waals surface area (Å²) in [7, 11) is 11.5. The molecule has 0 aliphatic rings. The average molecular weight is 1530 g/mol. The van der Waals surface area contributed by atoms with Crippen molar-refractivity contribution in [3.8, 4) is 0 Å². The van der Waals surface area contributed by atoms with Gasteiger partial charge in [-0.25, -0.2) is 4.79 Å². The normalized spacial score (nSPS) is 10.6. The molecule has 0 amide bonds. The van der Waals surface area contributed by atoms with Crippen molar-refractivity contribution < 1.29 is 35.0 Å². The van der Waals surface area contributed by atoms with Gasteiger partial charge in [0.25, 0.3) is 0 Å². The van der Waals surface area contributed by atoms with Gasteiger partial charge in [0.15, 0.2) is 0 Å². The summed E-state index contributed by atoms with van der Waals surface area (Å²) in [5.41, 5.74) is 5.89. The summed E-state index contributed by atoms with van der Waals surface area (Å²) in [5, 5.41) is 11.7. The van der Waals surface area contributed by atoms with Gasteiger partial charge in [-0.05, 0) is 107 Å². The molecule has 0 aliphatic carbocycles. The Hall–Kier alpha value is -6.41. The maximum absolute atomic E-state index is 11.6. The number of pyridine rings is 4. The molecule has 8 nitrogen and oxygen atoms in total. The number of rotatable bonds is 12. The van der Waals surface area contributed by atoms with E-state index in [1.54, 1.807) is 43.0 Å². The molecular weight excluding hydrogens is 1460 g/mol. The Bertz CT molecular complexity index is 3830. The van der Waals surface area contributed by atoms with Crippen molar-refractivity contribution in [2.75, 3.05) is 14.2 Å². The van der Waals surface area contributed by atoms with Gasteiger partial charge < -0.3 is 4.74 Å². The minimum absolute atomic E-state index is 0.106. The number of nitrogens with zero attached hydrogens (tertiary/aromatic N) is 4. The first-order chi connectivity index (χ1) is 43.7. The molecule has 17 heteroatoms. The molecule has 90 heavy (non-hydrogen) atoms. The molecular formula is C73H65Cl5N4O4P2PdSn. The van der Waals surface area contributed by atoms with Crippen LogP contribution in [0.15, 0.2) is 280 Å². The van der Waals surface area contributed by atoms with Gasteiger partial charge in [-0.3, -0.25) is 15.0 Å². The first kappa shape index (κ1) is 71.0. The summed E-state index contributed by atoms with van der Waals surface area (Å²) in [6.07, 6.45) is 7.19. The fraction of sp³-hybridized carbons (Fsp3) is 0.0959. The number of aromatic nitrogens is 4. The maximum Gasteiger partial charge on any atom is -0.0134 e. The maximum atomic E-state index is 11.6. The van der Waals surface area contributed by atoms with Crippen molar-refractivity contribution in [3.63, 3.8) is 0 Å². The van der Waals surface area contributed by atoms with Crippen molar-refractivity contribution >= 4 is 157 Å². The molecule has 0 bridgehead atoms. The molecule has 4 aromatic heterocycles. The molecule has 0 aliphatic heterocycles. The number of ether oxygens (including phenoxy) is 2. The molecule has 0 fully saturated rings. The largest absolute Gasteiger partial charge is 0.0622 e. The monoisotopic (exact) mass is 1520 g/mol. The number of benzene rings is 8. The summed E-state index contributed by atoms with van der Waals surface area (Å²) in [4.78, 5) is 46.7. The van der Waals surface area contributed by atoms with Gasteiger partial charge in [0.05, 0.1) is 33.8 Å². The summed E-state index contributed by atoms with van der Waals surface area (Å²) in [6.45, 7) is 0. The second-order valence-electron chi connectivity index (χ2n) is 20.6. The van der Waals surface area contributed by atoms with Crippen molar-refractivity contribution in [1.82, 2.24) is 19.9 Å². The van der Waals surface area contributed by atoms with Crippen LogP contribution in [0.5, 0.6) is 0 Å². The van der Waals surface area contributed by atoms with Crippen LogP contribution in [0.2, 0.25) is 24.9 Å². The SMILES string of the molecule is COC(=O)c1ccn[c]([Sn]([CH3])([CH3])[CH3])c1.COC(=O)c1ccnc(Cc2ccc3ncc(Cl)cc3c2)c1.ClCc1ccc2ncc(Cl)cc2c1.[Cl][Pd][Cl].c1ccc(P(c2ccccc2)c2ccccc2)cc1.c1ccc(P(c2ccccc2)c2ccccc2)cc1. The number of fused-ring (bicyclic) bond motifs is 2. The fourth-order valence-corrected chi connectivity index (χ4v) is 17.1. The van der Waals surface area contributed by atoms with E-state index in [9.17, 15) is 9.59 Å². The number of esters is 2. The molecule has 460 valence electrons. The van der Waals surface area contributed by atoms with Crippen LogP contribution in [0.1, 0.15) is 37.5 Å². The van der Waals surface area contributed by atoms with Gasteiger partial charge in [0.2, 0.25) is 0 Å². The Morgan fingerprint density at radius 3 is 1.11 bits per heavy atom. The number of methoxy groups -OCH3 is 2. The fourth-order valence-electron chi connectivity index (χ4n) is 8.97. The van der Waals surface area contributed by atoms with E-state index < -0.39 is 34.2 Å². The van der Waals surface area contributed by atoms with Gasteiger partial charge in [-0.2, -0.15) is 0 Å². The third-order valence-electron chi connectivity index (χ3n) is 13.2. The molecule has 0 N–H and O–H groups in total. The summed E-state index contributed by atoms with van der Waals surface area (Å²) in [5.74, 6) is -0.134. The van der Waals surface area contributed by atoms with Gasteiger partial charge >= 0.3 is 129 Å². The molecule has 4 heterocycles. The van der Waals surface area contributed by atoms with E-state index >= 15 is 0 Å². The smallest absolute Gasteiger partial charge is 0.0134 e. The van der Waals surface area contributed by atoms with Crippen LogP contribution >= 0.6 is 69.7 Å². The quantitative estimate of drug-likeness (QED) is 0.0516. The zero-order valence-corrected chi connectivity index (χ0v) is 60.0. The molecule has 0 saturated carbocycles. The van der Waals surface area contributed by atoms with E-state index in [-0.39, 0.29) is 27.9 Å². The summed E-state index contributed by atoms with van der Waals surface area (Å²) >= 11 is 15.2. The van der Waals surface area contributed by atoms with Crippen LogP contribution in [-0.4, -0.2) is 64.5 Å². The first-order valence-electron chi connectivity index (χ1n) is 28.2. The molecule has 0 saturated heterocycles. The molecule has 0 unspecified atom stereocenters. The molecule has 12 aromatic rings. The van der Waals surface area contributed by atoms with Gasteiger partial charge in [0, 0.05) is 47.4 Å². The second-order valence-corrected chi connectivity index (χ2v) is 42.8.